The minimum Gasteiger partial charge on any atom is -0.432 e. The van der Waals surface area contributed by atoms with Gasteiger partial charge < -0.3 is 4.74 Å². The molecular formula is C15H12O2. The fourth-order valence-electron chi connectivity index (χ4n) is 1.75. The normalized spacial score (nSPS) is 9.88. The molecule has 0 saturated heterocycles. The first kappa shape index (κ1) is 11.1. The fraction of sp³-hybridized carbons (Fsp3) is 0. The summed E-state index contributed by atoms with van der Waals surface area (Å²) in [6.07, 6.45) is 1.11. The summed E-state index contributed by atoms with van der Waals surface area (Å²) >= 11 is 0. The molecule has 0 aliphatic carbocycles. The van der Waals surface area contributed by atoms with Crippen LogP contribution in [0, 0.1) is 0 Å². The van der Waals surface area contributed by atoms with Gasteiger partial charge in [-0.2, -0.15) is 0 Å². The van der Waals surface area contributed by atoms with Crippen LogP contribution in [0.15, 0.2) is 61.9 Å². The van der Waals surface area contributed by atoms with E-state index in [9.17, 15) is 4.79 Å². The molecule has 0 N–H and O–H groups in total. The maximum Gasteiger partial charge on any atom is 0.342 e. The van der Waals surface area contributed by atoms with Crippen molar-refractivity contribution >= 4 is 22.3 Å². The van der Waals surface area contributed by atoms with Crippen molar-refractivity contribution in [2.24, 2.45) is 0 Å². The average molecular weight is 224 g/mol. The zero-order valence-electron chi connectivity index (χ0n) is 9.35. The van der Waals surface area contributed by atoms with Gasteiger partial charge >= 0.3 is 5.97 Å². The zero-order chi connectivity index (χ0) is 12.3. The van der Waals surface area contributed by atoms with Gasteiger partial charge in [0.25, 0.3) is 0 Å². The predicted molar refractivity (Wildman–Crippen MR) is 69.3 cm³/mol. The van der Waals surface area contributed by atoms with Crippen LogP contribution in [0.3, 0.4) is 0 Å². The molecule has 0 bridgehead atoms. The Hall–Kier alpha value is -2.35. The molecule has 2 aromatic carbocycles. The second-order valence-electron chi connectivity index (χ2n) is 3.58. The van der Waals surface area contributed by atoms with Crippen molar-refractivity contribution in [3.05, 3.63) is 67.4 Å². The molecule has 0 spiro atoms. The zero-order valence-corrected chi connectivity index (χ0v) is 9.35. The van der Waals surface area contributed by atoms with Gasteiger partial charge in [-0.25, -0.2) is 4.79 Å². The molecule has 0 aliphatic heterocycles. The van der Waals surface area contributed by atoms with Gasteiger partial charge in [-0.3, -0.25) is 0 Å². The molecule has 2 aromatic rings. The van der Waals surface area contributed by atoms with Crippen LogP contribution in [-0.2, 0) is 9.53 Å². The molecule has 0 aliphatic rings. The first-order chi connectivity index (χ1) is 8.24. The van der Waals surface area contributed by atoms with Gasteiger partial charge in [0, 0.05) is 0 Å². The lowest BCUT2D eigenvalue weighted by Crippen LogP contribution is -2.02. The van der Waals surface area contributed by atoms with Crippen molar-refractivity contribution in [2.75, 3.05) is 0 Å². The molecule has 2 nitrogen and oxygen atoms in total. The molecule has 0 heterocycles. The van der Waals surface area contributed by atoms with Gasteiger partial charge in [0.15, 0.2) is 0 Å². The Kier molecular flexibility index (Phi) is 3.06. The van der Waals surface area contributed by atoms with E-state index in [1.165, 1.54) is 0 Å². The van der Waals surface area contributed by atoms with Gasteiger partial charge in [0.05, 0.1) is 11.8 Å². The summed E-state index contributed by atoms with van der Waals surface area (Å²) in [5.74, 6) is -0.476. The first-order valence-corrected chi connectivity index (χ1v) is 5.23. The number of benzene rings is 2. The van der Waals surface area contributed by atoms with Crippen LogP contribution in [0.2, 0.25) is 0 Å². The van der Waals surface area contributed by atoms with Crippen molar-refractivity contribution in [3.8, 4) is 0 Å². The van der Waals surface area contributed by atoms with Gasteiger partial charge in [-0.05, 0) is 16.3 Å². The Bertz CT molecular complexity index is 591. The third-order valence-electron chi connectivity index (χ3n) is 2.55. The van der Waals surface area contributed by atoms with Crippen LogP contribution in [0.5, 0.6) is 0 Å². The molecule has 17 heavy (non-hydrogen) atoms. The van der Waals surface area contributed by atoms with E-state index in [-0.39, 0.29) is 0 Å². The number of esters is 1. The molecule has 0 unspecified atom stereocenters. The lowest BCUT2D eigenvalue weighted by molar-refractivity contribution is -0.131. The lowest BCUT2D eigenvalue weighted by Gasteiger charge is -2.07. The Morgan fingerprint density at radius 3 is 2.59 bits per heavy atom. The van der Waals surface area contributed by atoms with Crippen molar-refractivity contribution in [1.82, 2.24) is 0 Å². The summed E-state index contributed by atoms with van der Waals surface area (Å²) < 4.78 is 4.73. The monoisotopic (exact) mass is 224 g/mol. The SMILES string of the molecule is C=COC(=O)C(=C)c1cccc2ccccc12. The number of hydrogen-bond donors (Lipinski definition) is 0. The number of rotatable bonds is 3. The van der Waals surface area contributed by atoms with E-state index in [0.29, 0.717) is 5.57 Å². The predicted octanol–water partition coefficient (Wildman–Crippen LogP) is 3.54. The maximum absolute atomic E-state index is 11.6. The van der Waals surface area contributed by atoms with Crippen LogP contribution in [-0.4, -0.2) is 5.97 Å². The molecule has 0 aromatic heterocycles. The first-order valence-electron chi connectivity index (χ1n) is 5.23. The summed E-state index contributed by atoms with van der Waals surface area (Å²) in [7, 11) is 0. The number of carbonyl (C=O) groups is 1. The van der Waals surface area contributed by atoms with Crippen molar-refractivity contribution in [2.45, 2.75) is 0 Å². The van der Waals surface area contributed by atoms with Crippen molar-refractivity contribution in [3.63, 3.8) is 0 Å². The minimum atomic E-state index is -0.476. The highest BCUT2D eigenvalue weighted by Crippen LogP contribution is 2.24. The highest BCUT2D eigenvalue weighted by atomic mass is 16.5. The topological polar surface area (TPSA) is 26.3 Å². The van der Waals surface area contributed by atoms with E-state index in [1.807, 2.05) is 42.5 Å². The highest BCUT2D eigenvalue weighted by Gasteiger charge is 2.12. The summed E-state index contributed by atoms with van der Waals surface area (Å²) in [5, 5.41) is 2.05. The molecule has 84 valence electrons. The van der Waals surface area contributed by atoms with Crippen LogP contribution in [0.4, 0.5) is 0 Å². The quantitative estimate of drug-likeness (QED) is 0.453. The second-order valence-corrected chi connectivity index (χ2v) is 3.58. The maximum atomic E-state index is 11.6. The van der Waals surface area contributed by atoms with Crippen LogP contribution in [0.25, 0.3) is 16.3 Å². The second kappa shape index (κ2) is 4.66. The van der Waals surface area contributed by atoms with E-state index < -0.39 is 5.97 Å². The number of fused-ring (bicyclic) bond motifs is 1. The number of ether oxygens (including phenoxy) is 1. The van der Waals surface area contributed by atoms with Gasteiger partial charge in [-0.15, -0.1) is 0 Å². The lowest BCUT2D eigenvalue weighted by atomic mass is 9.99. The summed E-state index contributed by atoms with van der Waals surface area (Å²) in [6, 6.07) is 13.6. The molecule has 0 amide bonds. The molecule has 0 saturated carbocycles. The van der Waals surface area contributed by atoms with Crippen LogP contribution < -0.4 is 0 Å². The van der Waals surface area contributed by atoms with E-state index in [0.717, 1.165) is 22.6 Å². The molecule has 0 fully saturated rings. The molecule has 2 heteroatoms. The van der Waals surface area contributed by atoms with Crippen LogP contribution >= 0.6 is 0 Å². The van der Waals surface area contributed by atoms with Gasteiger partial charge in [0.2, 0.25) is 0 Å². The van der Waals surface area contributed by atoms with Crippen LogP contribution in [0.1, 0.15) is 5.56 Å². The summed E-state index contributed by atoms with van der Waals surface area (Å²) in [4.78, 5) is 11.6. The number of hydrogen-bond acceptors (Lipinski definition) is 2. The number of carbonyl (C=O) groups excluding carboxylic acids is 1. The Morgan fingerprint density at radius 1 is 1.12 bits per heavy atom. The van der Waals surface area contributed by atoms with E-state index in [1.54, 1.807) is 0 Å². The Labute approximate surface area is 99.8 Å². The molecular weight excluding hydrogens is 212 g/mol. The smallest absolute Gasteiger partial charge is 0.342 e. The third kappa shape index (κ3) is 2.11. The van der Waals surface area contributed by atoms with E-state index in [2.05, 4.69) is 13.2 Å². The highest BCUT2D eigenvalue weighted by molar-refractivity contribution is 6.19. The largest absolute Gasteiger partial charge is 0.432 e. The van der Waals surface area contributed by atoms with Gasteiger partial charge in [0.1, 0.15) is 0 Å². The molecule has 2 rings (SSSR count). The van der Waals surface area contributed by atoms with Crippen molar-refractivity contribution in [1.29, 1.82) is 0 Å². The van der Waals surface area contributed by atoms with Gasteiger partial charge in [-0.1, -0.05) is 55.6 Å². The van der Waals surface area contributed by atoms with E-state index >= 15 is 0 Å². The molecule has 0 atom stereocenters. The standard InChI is InChI=1S/C15H12O2/c1-3-17-15(16)11(2)13-10-6-8-12-7-4-5-9-14(12)13/h3-10H,1-2H2. The Balaban J connectivity index is 2.52. The summed E-state index contributed by atoms with van der Waals surface area (Å²) in [6.45, 7) is 7.13. The van der Waals surface area contributed by atoms with E-state index in [4.69, 9.17) is 4.74 Å². The third-order valence-corrected chi connectivity index (χ3v) is 2.55. The summed E-state index contributed by atoms with van der Waals surface area (Å²) in [5.41, 5.74) is 1.12. The fourth-order valence-corrected chi connectivity index (χ4v) is 1.75. The minimum absolute atomic E-state index is 0.335. The van der Waals surface area contributed by atoms with Crippen molar-refractivity contribution < 1.29 is 9.53 Å². The Morgan fingerprint density at radius 2 is 1.82 bits per heavy atom. The molecule has 0 radical (unpaired) electrons. The average Bonchev–Trinajstić information content (AvgIpc) is 2.37.